The highest BCUT2D eigenvalue weighted by molar-refractivity contribution is 9.10. The van der Waals surface area contributed by atoms with Crippen molar-refractivity contribution < 1.29 is 14.3 Å². The molecule has 6 heteroatoms. The second-order valence-corrected chi connectivity index (χ2v) is 4.38. The largest absolute Gasteiger partial charge is 0.381 e. The van der Waals surface area contributed by atoms with Crippen molar-refractivity contribution in [3.05, 3.63) is 34.3 Å². The predicted molar refractivity (Wildman–Crippen MR) is 70.9 cm³/mol. The maximum Gasteiger partial charge on any atom is 0.269 e. The van der Waals surface area contributed by atoms with E-state index in [2.05, 4.69) is 26.8 Å². The molecule has 0 spiro atoms. The van der Waals surface area contributed by atoms with Crippen molar-refractivity contribution in [1.82, 2.24) is 10.9 Å². The molecule has 0 aromatic heterocycles. The lowest BCUT2D eigenvalue weighted by Crippen LogP contribution is -2.41. The fraction of sp³-hybridized carbons (Fsp3) is 0.333. The molecule has 18 heavy (non-hydrogen) atoms. The first-order valence-corrected chi connectivity index (χ1v) is 6.35. The number of benzene rings is 1. The van der Waals surface area contributed by atoms with Gasteiger partial charge in [0.1, 0.15) is 0 Å². The molecule has 0 fully saturated rings. The summed E-state index contributed by atoms with van der Waals surface area (Å²) in [6.45, 7) is 2.76. The van der Waals surface area contributed by atoms with Crippen molar-refractivity contribution in [2.75, 3.05) is 13.2 Å². The quantitative estimate of drug-likeness (QED) is 0.641. The number of hydrazine groups is 1. The molecule has 0 aliphatic rings. The minimum Gasteiger partial charge on any atom is -0.381 e. The Morgan fingerprint density at radius 3 is 2.78 bits per heavy atom. The van der Waals surface area contributed by atoms with E-state index in [0.717, 1.165) is 4.47 Å². The van der Waals surface area contributed by atoms with Crippen molar-refractivity contribution in [2.45, 2.75) is 13.3 Å². The standard InChI is InChI=1S/C12H15BrN2O3/c1-2-18-7-6-11(16)14-15-12(17)9-4-3-5-10(13)8-9/h3-5,8H,2,6-7H2,1H3,(H,14,16)(H,15,17). The van der Waals surface area contributed by atoms with Crippen LogP contribution in [0.25, 0.3) is 0 Å². The van der Waals surface area contributed by atoms with Crippen molar-refractivity contribution in [2.24, 2.45) is 0 Å². The SMILES string of the molecule is CCOCCC(=O)NNC(=O)c1cccc(Br)c1. The average Bonchev–Trinajstić information content (AvgIpc) is 2.36. The van der Waals surface area contributed by atoms with Crippen molar-refractivity contribution in [3.63, 3.8) is 0 Å². The van der Waals surface area contributed by atoms with E-state index >= 15 is 0 Å². The van der Waals surface area contributed by atoms with E-state index in [-0.39, 0.29) is 18.2 Å². The Hall–Kier alpha value is -1.40. The Labute approximate surface area is 114 Å². The highest BCUT2D eigenvalue weighted by Crippen LogP contribution is 2.11. The van der Waals surface area contributed by atoms with Gasteiger partial charge in [-0.25, -0.2) is 0 Å². The van der Waals surface area contributed by atoms with Gasteiger partial charge in [0.2, 0.25) is 5.91 Å². The van der Waals surface area contributed by atoms with Gasteiger partial charge in [0, 0.05) is 16.6 Å². The van der Waals surface area contributed by atoms with Gasteiger partial charge in [-0.05, 0) is 25.1 Å². The second-order valence-electron chi connectivity index (χ2n) is 3.46. The van der Waals surface area contributed by atoms with Gasteiger partial charge in [0.15, 0.2) is 0 Å². The molecule has 0 bridgehead atoms. The molecule has 2 amide bonds. The fourth-order valence-electron chi connectivity index (χ4n) is 1.20. The third-order valence-corrected chi connectivity index (χ3v) is 2.57. The molecule has 0 atom stereocenters. The molecule has 1 rings (SSSR count). The molecular weight excluding hydrogens is 300 g/mol. The highest BCUT2D eigenvalue weighted by Gasteiger charge is 2.07. The molecule has 0 saturated heterocycles. The molecule has 1 aromatic carbocycles. The van der Waals surface area contributed by atoms with Gasteiger partial charge in [0.05, 0.1) is 13.0 Å². The number of carbonyl (C=O) groups is 2. The molecule has 0 radical (unpaired) electrons. The zero-order chi connectivity index (χ0) is 13.4. The van der Waals surface area contributed by atoms with E-state index in [4.69, 9.17) is 4.74 Å². The summed E-state index contributed by atoms with van der Waals surface area (Å²) in [5.41, 5.74) is 5.13. The van der Waals surface area contributed by atoms with Crippen LogP contribution in [0.1, 0.15) is 23.7 Å². The molecule has 0 unspecified atom stereocenters. The monoisotopic (exact) mass is 314 g/mol. The number of nitrogens with one attached hydrogen (secondary N) is 2. The molecule has 2 N–H and O–H groups in total. The Morgan fingerprint density at radius 1 is 1.33 bits per heavy atom. The number of halogens is 1. The summed E-state index contributed by atoms with van der Waals surface area (Å²) in [6.07, 6.45) is 0.215. The molecule has 0 aliphatic carbocycles. The molecule has 98 valence electrons. The first-order valence-electron chi connectivity index (χ1n) is 5.56. The first kappa shape index (κ1) is 14.7. The highest BCUT2D eigenvalue weighted by atomic mass is 79.9. The van der Waals surface area contributed by atoms with Crippen LogP contribution in [0.2, 0.25) is 0 Å². The summed E-state index contributed by atoms with van der Waals surface area (Å²) in [6, 6.07) is 6.89. The Balaban J connectivity index is 2.35. The van der Waals surface area contributed by atoms with E-state index in [1.807, 2.05) is 13.0 Å². The lowest BCUT2D eigenvalue weighted by atomic mass is 10.2. The molecule has 1 aromatic rings. The topological polar surface area (TPSA) is 67.4 Å². The lowest BCUT2D eigenvalue weighted by Gasteiger charge is -2.07. The van der Waals surface area contributed by atoms with Gasteiger partial charge in [-0.1, -0.05) is 22.0 Å². The maximum atomic E-state index is 11.7. The van der Waals surface area contributed by atoms with Crippen LogP contribution >= 0.6 is 15.9 Å². The lowest BCUT2D eigenvalue weighted by molar-refractivity contribution is -0.122. The van der Waals surface area contributed by atoms with Crippen LogP contribution in [0.15, 0.2) is 28.7 Å². The molecular formula is C12H15BrN2O3. The van der Waals surface area contributed by atoms with E-state index in [1.54, 1.807) is 18.2 Å². The molecule has 0 saturated carbocycles. The van der Waals surface area contributed by atoms with E-state index in [0.29, 0.717) is 18.8 Å². The van der Waals surface area contributed by atoms with Gasteiger partial charge < -0.3 is 4.74 Å². The van der Waals surface area contributed by atoms with E-state index in [9.17, 15) is 9.59 Å². The number of hydrogen-bond acceptors (Lipinski definition) is 3. The number of ether oxygens (including phenoxy) is 1. The zero-order valence-corrected chi connectivity index (χ0v) is 11.6. The summed E-state index contributed by atoms with van der Waals surface area (Å²) in [7, 11) is 0. The van der Waals surface area contributed by atoms with Gasteiger partial charge in [-0.15, -0.1) is 0 Å². The third-order valence-electron chi connectivity index (χ3n) is 2.08. The van der Waals surface area contributed by atoms with Crippen molar-refractivity contribution in [3.8, 4) is 0 Å². The minimum atomic E-state index is -0.360. The van der Waals surface area contributed by atoms with Crippen molar-refractivity contribution >= 4 is 27.7 Å². The summed E-state index contributed by atoms with van der Waals surface area (Å²) in [5.74, 6) is -0.646. The van der Waals surface area contributed by atoms with Crippen LogP contribution in [0.3, 0.4) is 0 Å². The van der Waals surface area contributed by atoms with Crippen LogP contribution in [0.5, 0.6) is 0 Å². The minimum absolute atomic E-state index is 0.215. The van der Waals surface area contributed by atoms with Crippen LogP contribution < -0.4 is 10.9 Å². The zero-order valence-electron chi connectivity index (χ0n) is 10.0. The Kier molecular flexibility index (Phi) is 6.38. The Morgan fingerprint density at radius 2 is 2.11 bits per heavy atom. The third kappa shape index (κ3) is 5.29. The fourth-order valence-corrected chi connectivity index (χ4v) is 1.60. The second kappa shape index (κ2) is 7.84. The van der Waals surface area contributed by atoms with Gasteiger partial charge in [-0.2, -0.15) is 0 Å². The van der Waals surface area contributed by atoms with Gasteiger partial charge in [-0.3, -0.25) is 20.4 Å². The summed E-state index contributed by atoms with van der Waals surface area (Å²) in [5, 5.41) is 0. The summed E-state index contributed by atoms with van der Waals surface area (Å²) < 4.78 is 5.84. The molecule has 0 aliphatic heterocycles. The summed E-state index contributed by atoms with van der Waals surface area (Å²) >= 11 is 3.27. The predicted octanol–water partition coefficient (Wildman–Crippen LogP) is 1.64. The molecule has 0 heterocycles. The van der Waals surface area contributed by atoms with Gasteiger partial charge >= 0.3 is 0 Å². The van der Waals surface area contributed by atoms with E-state index < -0.39 is 0 Å². The number of amides is 2. The normalized spacial score (nSPS) is 9.89. The number of hydrogen-bond donors (Lipinski definition) is 2. The summed E-state index contributed by atoms with van der Waals surface area (Å²) in [4.78, 5) is 23.0. The van der Waals surface area contributed by atoms with E-state index in [1.165, 1.54) is 0 Å². The van der Waals surface area contributed by atoms with Crippen LogP contribution in [0.4, 0.5) is 0 Å². The Bertz CT molecular complexity index is 424. The number of carbonyl (C=O) groups excluding carboxylic acids is 2. The van der Waals surface area contributed by atoms with Crippen molar-refractivity contribution in [1.29, 1.82) is 0 Å². The molecule has 5 nitrogen and oxygen atoms in total. The average molecular weight is 315 g/mol. The van der Waals surface area contributed by atoms with Crippen LogP contribution in [-0.2, 0) is 9.53 Å². The van der Waals surface area contributed by atoms with Crippen LogP contribution in [-0.4, -0.2) is 25.0 Å². The number of rotatable bonds is 5. The maximum absolute atomic E-state index is 11.7. The smallest absolute Gasteiger partial charge is 0.269 e. The first-order chi connectivity index (χ1) is 8.63. The van der Waals surface area contributed by atoms with Gasteiger partial charge in [0.25, 0.3) is 5.91 Å². The van der Waals surface area contributed by atoms with Crippen LogP contribution in [0, 0.1) is 0 Å².